The van der Waals surface area contributed by atoms with Crippen molar-refractivity contribution in [2.24, 2.45) is 0 Å². The van der Waals surface area contributed by atoms with Gasteiger partial charge in [0.2, 0.25) is 0 Å². The fourth-order valence-electron chi connectivity index (χ4n) is 2.08. The fraction of sp³-hybridized carbons (Fsp3) is 0.615. The van der Waals surface area contributed by atoms with Crippen LogP contribution in [0.5, 0.6) is 0 Å². The number of likely N-dealkylation sites (N-methyl/N-ethyl adjacent to an activating group) is 1. The molecule has 1 aliphatic rings. The highest BCUT2D eigenvalue weighted by atomic mass is 32.2. The van der Waals surface area contributed by atoms with Gasteiger partial charge in [0.25, 0.3) is 0 Å². The second kappa shape index (κ2) is 7.17. The van der Waals surface area contributed by atoms with Crippen LogP contribution < -0.4 is 5.32 Å². The first kappa shape index (κ1) is 14.7. The van der Waals surface area contributed by atoms with Crippen LogP contribution in [0.4, 0.5) is 4.79 Å². The minimum Gasteiger partial charge on any atom is -0.336 e. The van der Waals surface area contributed by atoms with Gasteiger partial charge < -0.3 is 15.1 Å². The second-order valence-corrected chi connectivity index (χ2v) is 6.98. The van der Waals surface area contributed by atoms with E-state index in [-0.39, 0.29) is 12.1 Å². The van der Waals surface area contributed by atoms with Crippen LogP contribution >= 0.6 is 23.1 Å². The van der Waals surface area contributed by atoms with Gasteiger partial charge in [0, 0.05) is 36.0 Å². The van der Waals surface area contributed by atoms with Gasteiger partial charge in [-0.05, 0) is 25.5 Å². The van der Waals surface area contributed by atoms with Crippen LogP contribution in [0.2, 0.25) is 0 Å². The lowest BCUT2D eigenvalue weighted by molar-refractivity contribution is 0.197. The fourth-order valence-corrected chi connectivity index (χ4v) is 3.91. The Morgan fingerprint density at radius 1 is 1.47 bits per heavy atom. The Labute approximate surface area is 123 Å². The summed E-state index contributed by atoms with van der Waals surface area (Å²) in [5, 5.41) is 5.14. The SMILES string of the molecule is CN(C)[C@@H](CNC(=O)N1CCSCC1)c1cccs1. The van der Waals surface area contributed by atoms with Gasteiger partial charge in [-0.15, -0.1) is 11.3 Å². The molecule has 106 valence electrons. The molecule has 1 aromatic heterocycles. The van der Waals surface area contributed by atoms with Crippen LogP contribution in [0.3, 0.4) is 0 Å². The summed E-state index contributed by atoms with van der Waals surface area (Å²) in [6.45, 7) is 2.39. The highest BCUT2D eigenvalue weighted by Crippen LogP contribution is 2.22. The first-order chi connectivity index (χ1) is 9.18. The summed E-state index contributed by atoms with van der Waals surface area (Å²) >= 11 is 3.65. The molecule has 4 nitrogen and oxygen atoms in total. The van der Waals surface area contributed by atoms with Gasteiger partial charge in [-0.1, -0.05) is 6.07 Å². The van der Waals surface area contributed by atoms with Gasteiger partial charge >= 0.3 is 6.03 Å². The van der Waals surface area contributed by atoms with Crippen LogP contribution in [0, 0.1) is 0 Å². The molecule has 2 amide bonds. The molecular weight excluding hydrogens is 278 g/mol. The van der Waals surface area contributed by atoms with Crippen LogP contribution in [0.15, 0.2) is 17.5 Å². The molecule has 0 saturated carbocycles. The van der Waals surface area contributed by atoms with Crippen LogP contribution in [-0.2, 0) is 0 Å². The normalized spacial score (nSPS) is 17.5. The monoisotopic (exact) mass is 299 g/mol. The highest BCUT2D eigenvalue weighted by molar-refractivity contribution is 7.99. The molecule has 0 bridgehead atoms. The molecule has 1 N–H and O–H groups in total. The number of thioether (sulfide) groups is 1. The van der Waals surface area contributed by atoms with Crippen molar-refractivity contribution in [3.8, 4) is 0 Å². The van der Waals surface area contributed by atoms with Gasteiger partial charge in [-0.3, -0.25) is 0 Å². The smallest absolute Gasteiger partial charge is 0.317 e. The number of carbonyl (C=O) groups is 1. The maximum absolute atomic E-state index is 12.1. The molecule has 0 spiro atoms. The molecule has 6 heteroatoms. The van der Waals surface area contributed by atoms with Gasteiger partial charge in [0.15, 0.2) is 0 Å². The number of carbonyl (C=O) groups excluding carboxylic acids is 1. The zero-order valence-electron chi connectivity index (χ0n) is 11.5. The minimum atomic E-state index is 0.0729. The minimum absolute atomic E-state index is 0.0729. The molecular formula is C13H21N3OS2. The van der Waals surface area contributed by atoms with E-state index in [0.29, 0.717) is 6.54 Å². The number of hydrogen-bond acceptors (Lipinski definition) is 4. The van der Waals surface area contributed by atoms with E-state index in [1.807, 2.05) is 30.8 Å². The van der Waals surface area contributed by atoms with E-state index >= 15 is 0 Å². The number of nitrogens with one attached hydrogen (secondary N) is 1. The Kier molecular flexibility index (Phi) is 5.54. The zero-order valence-corrected chi connectivity index (χ0v) is 13.1. The molecule has 2 heterocycles. The van der Waals surface area contributed by atoms with E-state index in [4.69, 9.17) is 0 Å². The number of thiophene rings is 1. The standard InChI is InChI=1S/C13H21N3OS2/c1-15(2)11(12-4-3-7-19-12)10-14-13(17)16-5-8-18-9-6-16/h3-4,7,11H,5-6,8-10H2,1-2H3,(H,14,17)/t11-/m0/s1. The van der Waals surface area contributed by atoms with Crippen molar-refractivity contribution in [3.05, 3.63) is 22.4 Å². The maximum Gasteiger partial charge on any atom is 0.317 e. The summed E-state index contributed by atoms with van der Waals surface area (Å²) in [6.07, 6.45) is 0. The van der Waals surface area contributed by atoms with E-state index in [0.717, 1.165) is 24.6 Å². The molecule has 0 aromatic carbocycles. The number of amides is 2. The largest absolute Gasteiger partial charge is 0.336 e. The third-order valence-corrected chi connectivity index (χ3v) is 5.16. The average molecular weight is 299 g/mol. The van der Waals surface area contributed by atoms with Crippen molar-refractivity contribution in [2.75, 3.05) is 45.2 Å². The topological polar surface area (TPSA) is 35.6 Å². The molecule has 1 aromatic rings. The summed E-state index contributed by atoms with van der Waals surface area (Å²) in [7, 11) is 4.10. The number of hydrogen-bond donors (Lipinski definition) is 1. The molecule has 2 rings (SSSR count). The molecule has 19 heavy (non-hydrogen) atoms. The molecule has 1 aliphatic heterocycles. The summed E-state index contributed by atoms with van der Waals surface area (Å²) in [6, 6.07) is 4.51. The zero-order chi connectivity index (χ0) is 13.7. The summed E-state index contributed by atoms with van der Waals surface area (Å²) in [4.78, 5) is 17.4. The quantitative estimate of drug-likeness (QED) is 0.925. The molecule has 0 radical (unpaired) electrons. The Bertz CT molecular complexity index is 389. The van der Waals surface area contributed by atoms with E-state index in [2.05, 4.69) is 27.7 Å². The third-order valence-electron chi connectivity index (χ3n) is 3.24. The van der Waals surface area contributed by atoms with Crippen LogP contribution in [0.1, 0.15) is 10.9 Å². The summed E-state index contributed by atoms with van der Waals surface area (Å²) < 4.78 is 0. The Balaban J connectivity index is 1.86. The lowest BCUT2D eigenvalue weighted by Gasteiger charge is -2.29. The first-order valence-corrected chi connectivity index (χ1v) is 8.52. The first-order valence-electron chi connectivity index (χ1n) is 6.49. The predicted octanol–water partition coefficient (Wildman–Crippen LogP) is 2.11. The Hall–Kier alpha value is -0.720. The van der Waals surface area contributed by atoms with E-state index in [9.17, 15) is 4.79 Å². The van der Waals surface area contributed by atoms with Gasteiger partial charge in [0.1, 0.15) is 0 Å². The van der Waals surface area contributed by atoms with Crippen molar-refractivity contribution in [2.45, 2.75) is 6.04 Å². The van der Waals surface area contributed by atoms with Gasteiger partial charge in [-0.25, -0.2) is 4.79 Å². The Morgan fingerprint density at radius 2 is 2.21 bits per heavy atom. The van der Waals surface area contributed by atoms with Gasteiger partial charge in [-0.2, -0.15) is 11.8 Å². The van der Waals surface area contributed by atoms with Crippen molar-refractivity contribution in [1.29, 1.82) is 0 Å². The van der Waals surface area contributed by atoms with E-state index in [1.165, 1.54) is 4.88 Å². The number of urea groups is 1. The van der Waals surface area contributed by atoms with Crippen molar-refractivity contribution in [1.82, 2.24) is 15.1 Å². The number of rotatable bonds is 4. The molecule has 0 aliphatic carbocycles. The third kappa shape index (κ3) is 4.12. The molecule has 1 saturated heterocycles. The highest BCUT2D eigenvalue weighted by Gasteiger charge is 2.20. The lowest BCUT2D eigenvalue weighted by atomic mass is 10.2. The van der Waals surface area contributed by atoms with E-state index < -0.39 is 0 Å². The average Bonchev–Trinajstić information content (AvgIpc) is 2.93. The Morgan fingerprint density at radius 3 is 2.79 bits per heavy atom. The number of nitrogens with zero attached hydrogens (tertiary/aromatic N) is 2. The van der Waals surface area contributed by atoms with Crippen molar-refractivity contribution >= 4 is 29.1 Å². The van der Waals surface area contributed by atoms with Crippen LogP contribution in [0.25, 0.3) is 0 Å². The maximum atomic E-state index is 12.1. The van der Waals surface area contributed by atoms with Gasteiger partial charge in [0.05, 0.1) is 6.04 Å². The molecule has 1 fully saturated rings. The van der Waals surface area contributed by atoms with Crippen LogP contribution in [-0.4, -0.2) is 61.1 Å². The lowest BCUT2D eigenvalue weighted by Crippen LogP contribution is -2.46. The molecule has 1 atom stereocenters. The summed E-state index contributed by atoms with van der Waals surface area (Å²) in [5.74, 6) is 2.10. The van der Waals surface area contributed by atoms with Crippen molar-refractivity contribution < 1.29 is 4.79 Å². The van der Waals surface area contributed by atoms with Crippen molar-refractivity contribution in [3.63, 3.8) is 0 Å². The summed E-state index contributed by atoms with van der Waals surface area (Å²) in [5.41, 5.74) is 0. The molecule has 0 unspecified atom stereocenters. The second-order valence-electron chi connectivity index (χ2n) is 4.78. The van der Waals surface area contributed by atoms with E-state index in [1.54, 1.807) is 11.3 Å². The predicted molar refractivity (Wildman–Crippen MR) is 83.0 cm³/mol.